The zero-order valence-corrected chi connectivity index (χ0v) is 63.7. The Morgan fingerprint density at radius 3 is 1.28 bits per heavy atom. The van der Waals surface area contributed by atoms with Gasteiger partial charge in [-0.3, -0.25) is 19.5 Å². The molecule has 0 aliphatic carbocycles. The smallest absolute Gasteiger partial charge is 0.417 e. The summed E-state index contributed by atoms with van der Waals surface area (Å²) in [6.45, 7) is 20.1. The van der Waals surface area contributed by atoms with Crippen LogP contribution in [0.1, 0.15) is 127 Å². The standard InChI is InChI=1S/C28H27FN6O5.C23H19FN6O3.C19H15ClFN3O3.C9H13N3O2/c1-15-38-21-13-33(14-22(21)39-15)23-8-9-35(32-23)20-10-18(24-16(11-30)6-5-7-17(24)29)31-19-12-34(26(36)25(19)20)27(37)40-28(2,3)4;1-12-32-18-10-29(11-19(18)33-12)20-5-6-30(28-20)17-7-15(27-16-9-26-23(31)22(16)17)21-13(8-25)3-2-4-14(21)24;1-19(2,3)27-18(26)24-9-14-16(17(24)25)11(20)7-13(23-14)15-10(8-22)5-4-6-12(15)21;1-6-13-7-4-12(5-8(7)14-6)9-2-3-10-11-9/h5-10,15,21-22H,12-14H2,1-4H3;2-7,12,18-19H,9-11H2,1H3,(H,26,31);4-7H,9H2,1-3H3;2-3,6-8H,4-5H2,1H3,(H,10,11)/t15?,21-,22+;12?,18-,19+;;6?,7-,8+. The maximum atomic E-state index is 15.0. The van der Waals surface area contributed by atoms with Crippen LogP contribution in [0.25, 0.3) is 45.1 Å². The Morgan fingerprint density at radius 2 is 0.886 bits per heavy atom. The maximum absolute atomic E-state index is 15.0. The van der Waals surface area contributed by atoms with Crippen LogP contribution in [0.5, 0.6) is 0 Å². The van der Waals surface area contributed by atoms with Gasteiger partial charge in [-0.2, -0.15) is 31.1 Å². The fourth-order valence-electron chi connectivity index (χ4n) is 14.9. The SMILES string of the molecule is CC(C)(C)OC(=O)N1Cc2nc(-c3c(F)cccc3C#N)cc(Cl)c2C1=O.CC1O[C@H]2CN(c3ccn(-c4cc(-c5c(F)cccc5C#N)nc5c4C(=O)N(C(=O)OC(C)(C)C)C5)n3)C[C@H]2O1.CC1O[C@H]2CN(c3ccn(-c4cc(-c5c(F)cccc5C#N)nc5c4C(=O)NC5)n3)C[C@H]2O1.CC1O[C@H]2CN(c3ccn[nH]3)C[C@H]2O1. The van der Waals surface area contributed by atoms with Crippen molar-refractivity contribution in [1.29, 1.82) is 15.8 Å². The molecular formula is C79H74ClF3N18O13. The van der Waals surface area contributed by atoms with Gasteiger partial charge < -0.3 is 57.9 Å². The molecule has 5 amide bonds. The van der Waals surface area contributed by atoms with Crippen molar-refractivity contribution >= 4 is 59.0 Å². The summed E-state index contributed by atoms with van der Waals surface area (Å²) in [5.41, 5.74) is 1.74. The highest BCUT2D eigenvalue weighted by atomic mass is 35.5. The summed E-state index contributed by atoms with van der Waals surface area (Å²) in [5, 5.41) is 47.4. The van der Waals surface area contributed by atoms with E-state index in [1.54, 1.807) is 76.9 Å². The molecule has 6 saturated heterocycles. The van der Waals surface area contributed by atoms with Crippen LogP contribution in [-0.4, -0.2) is 190 Å². The molecule has 6 aromatic heterocycles. The summed E-state index contributed by atoms with van der Waals surface area (Å²) in [6.07, 6.45) is 3.38. The molecule has 9 aliphatic heterocycles. The minimum absolute atomic E-state index is 0.000354. The van der Waals surface area contributed by atoms with E-state index in [9.17, 15) is 48.5 Å². The minimum atomic E-state index is -0.821. The van der Waals surface area contributed by atoms with Crippen molar-refractivity contribution in [3.8, 4) is 63.4 Å². The van der Waals surface area contributed by atoms with Crippen LogP contribution >= 0.6 is 11.6 Å². The number of imide groups is 2. The first kappa shape index (κ1) is 77.1. The van der Waals surface area contributed by atoms with Crippen molar-refractivity contribution < 1.29 is 75.0 Å². The van der Waals surface area contributed by atoms with Gasteiger partial charge in [-0.1, -0.05) is 29.8 Å². The van der Waals surface area contributed by atoms with Crippen LogP contribution in [0, 0.1) is 51.4 Å². The predicted octanol–water partition coefficient (Wildman–Crippen LogP) is 10.6. The Bertz CT molecular complexity index is 5440. The molecule has 6 fully saturated rings. The monoisotopic (exact) mass is 1570 g/mol. The maximum Gasteiger partial charge on any atom is 0.417 e. The zero-order chi connectivity index (χ0) is 80.5. The summed E-state index contributed by atoms with van der Waals surface area (Å²) in [4.78, 5) is 85.3. The van der Waals surface area contributed by atoms with Crippen molar-refractivity contribution in [3.05, 3.63) is 183 Å². The lowest BCUT2D eigenvalue weighted by Gasteiger charge is -2.23. The van der Waals surface area contributed by atoms with Gasteiger partial charge in [0.1, 0.15) is 71.1 Å². The van der Waals surface area contributed by atoms with Crippen LogP contribution in [-0.2, 0) is 57.5 Å². The van der Waals surface area contributed by atoms with Gasteiger partial charge in [0.05, 0.1) is 145 Å². The van der Waals surface area contributed by atoms with E-state index in [1.807, 2.05) is 56.0 Å². The Kier molecular flexibility index (Phi) is 20.8. The number of nitrogens with zero attached hydrogens (tertiary/aromatic N) is 16. The molecule has 3 unspecified atom stereocenters. The molecule has 0 bridgehead atoms. The number of fused-ring (bicyclic) bond motifs is 6. The zero-order valence-electron chi connectivity index (χ0n) is 62.9. The summed E-state index contributed by atoms with van der Waals surface area (Å²) in [6, 6.07) is 28.5. The van der Waals surface area contributed by atoms with Crippen molar-refractivity contribution in [3.63, 3.8) is 0 Å². The third-order valence-corrected chi connectivity index (χ3v) is 20.0. The summed E-state index contributed by atoms with van der Waals surface area (Å²) < 4.78 is 92.2. The molecule has 586 valence electrons. The number of hydrogen-bond acceptors (Lipinski definition) is 25. The van der Waals surface area contributed by atoms with E-state index in [2.05, 4.69) is 45.4 Å². The number of pyridine rings is 3. The lowest BCUT2D eigenvalue weighted by Crippen LogP contribution is -2.37. The molecule has 31 nitrogen and oxygen atoms in total. The van der Waals surface area contributed by atoms with E-state index in [-0.39, 0.29) is 159 Å². The summed E-state index contributed by atoms with van der Waals surface area (Å²) >= 11 is 6.23. The molecule has 9 aromatic rings. The van der Waals surface area contributed by atoms with Crippen molar-refractivity contribution in [2.75, 3.05) is 54.0 Å². The number of nitriles is 3. The molecule has 0 spiro atoms. The number of hydrogen-bond donors (Lipinski definition) is 2. The Hall–Kier alpha value is -12.2. The molecule has 114 heavy (non-hydrogen) atoms. The highest BCUT2D eigenvalue weighted by molar-refractivity contribution is 6.35. The first-order valence-electron chi connectivity index (χ1n) is 36.5. The van der Waals surface area contributed by atoms with Gasteiger partial charge in [0, 0.05) is 69.9 Å². The number of aromatic amines is 1. The van der Waals surface area contributed by atoms with Gasteiger partial charge in [-0.05, 0) is 117 Å². The van der Waals surface area contributed by atoms with Crippen LogP contribution in [0.3, 0.4) is 0 Å². The van der Waals surface area contributed by atoms with Gasteiger partial charge in [0.2, 0.25) is 0 Å². The largest absolute Gasteiger partial charge is 0.443 e. The average molecular weight is 1580 g/mol. The molecule has 0 saturated carbocycles. The fourth-order valence-corrected chi connectivity index (χ4v) is 15.2. The van der Waals surface area contributed by atoms with Crippen LogP contribution in [0.2, 0.25) is 5.02 Å². The molecular weight excluding hydrogens is 1500 g/mol. The van der Waals surface area contributed by atoms with E-state index < -0.39 is 52.7 Å². The number of benzene rings is 3. The lowest BCUT2D eigenvalue weighted by molar-refractivity contribution is -0.0533. The van der Waals surface area contributed by atoms with Gasteiger partial charge in [0.25, 0.3) is 17.7 Å². The van der Waals surface area contributed by atoms with E-state index in [0.29, 0.717) is 54.6 Å². The average Bonchev–Trinajstić information content (AvgIpc) is 1.62. The van der Waals surface area contributed by atoms with Crippen molar-refractivity contribution in [1.82, 2.24) is 59.8 Å². The lowest BCUT2D eigenvalue weighted by atomic mass is 10.0. The highest BCUT2D eigenvalue weighted by Crippen LogP contribution is 2.40. The number of anilines is 3. The van der Waals surface area contributed by atoms with Gasteiger partial charge in [0.15, 0.2) is 30.5 Å². The number of aromatic nitrogens is 9. The number of H-pyrrole nitrogens is 1. The quantitative estimate of drug-likeness (QED) is 0.143. The first-order valence-corrected chi connectivity index (χ1v) is 36.9. The number of nitrogens with one attached hydrogen (secondary N) is 2. The van der Waals surface area contributed by atoms with Gasteiger partial charge in [-0.15, -0.1) is 0 Å². The van der Waals surface area contributed by atoms with Gasteiger partial charge >= 0.3 is 12.2 Å². The molecule has 35 heteroatoms. The fraction of sp³-hybridized carbons (Fsp3) is 0.367. The number of amides is 5. The van der Waals surface area contributed by atoms with E-state index in [0.717, 1.165) is 34.5 Å². The van der Waals surface area contributed by atoms with Crippen molar-refractivity contribution in [2.24, 2.45) is 0 Å². The molecule has 15 heterocycles. The minimum Gasteiger partial charge on any atom is -0.443 e. The molecule has 2 N–H and O–H groups in total. The predicted molar refractivity (Wildman–Crippen MR) is 399 cm³/mol. The van der Waals surface area contributed by atoms with Gasteiger partial charge in [-0.25, -0.2) is 56.9 Å². The number of halogens is 4. The number of rotatable bonds is 8. The Labute approximate surface area is 655 Å². The third-order valence-electron chi connectivity index (χ3n) is 19.7. The van der Waals surface area contributed by atoms with Crippen LogP contribution in [0.4, 0.5) is 40.2 Å². The Morgan fingerprint density at radius 1 is 0.509 bits per heavy atom. The van der Waals surface area contributed by atoms with E-state index in [4.69, 9.17) is 54.6 Å². The third kappa shape index (κ3) is 15.4. The molecule has 9 atom stereocenters. The van der Waals surface area contributed by atoms with Crippen LogP contribution < -0.4 is 20.0 Å². The molecule has 0 radical (unpaired) electrons. The normalized spacial score (nSPS) is 22.1. The topological polar surface area (TPSA) is 362 Å². The highest BCUT2D eigenvalue weighted by Gasteiger charge is 2.47. The van der Waals surface area contributed by atoms with E-state index >= 15 is 4.39 Å². The number of carbonyl (C=O) groups is 5. The molecule has 3 aromatic carbocycles. The summed E-state index contributed by atoms with van der Waals surface area (Å²) in [5.74, 6) is -0.915. The number of ether oxygens (including phenoxy) is 8. The van der Waals surface area contributed by atoms with E-state index in [1.165, 1.54) is 71.4 Å². The molecule has 18 rings (SSSR count). The second-order valence-corrected chi connectivity index (χ2v) is 30.3. The summed E-state index contributed by atoms with van der Waals surface area (Å²) in [7, 11) is 0. The molecule has 9 aliphatic rings. The Balaban J connectivity index is 0.000000126. The van der Waals surface area contributed by atoms with Crippen LogP contribution in [0.15, 0.2) is 110 Å². The number of carbonyl (C=O) groups excluding carboxylic acids is 5. The second kappa shape index (κ2) is 30.7. The second-order valence-electron chi connectivity index (χ2n) is 29.9. The van der Waals surface area contributed by atoms with Crippen molar-refractivity contribution in [2.45, 2.75) is 149 Å². The first-order chi connectivity index (χ1) is 54.5.